The molecule has 0 aromatic rings. The first-order valence-corrected chi connectivity index (χ1v) is 4.19. The first-order chi connectivity index (χ1) is 4.00. The molecule has 0 unspecified atom stereocenters. The predicted molar refractivity (Wildman–Crippen MR) is 44.0 cm³/mol. The van der Waals surface area contributed by atoms with E-state index in [1.54, 1.807) is 0 Å². The second-order valence-electron chi connectivity index (χ2n) is 0.896. The Labute approximate surface area is 147 Å². The van der Waals surface area contributed by atoms with Crippen LogP contribution in [0.25, 0.3) is 0 Å². The average molecular weight is 328 g/mol. The minimum atomic E-state index is -4.67. The standard InChI is InChI=1S/K.Mg.2H2O4S.Zn.3H/c;;2*1-5(2,3)4;;;;/h;;2*(H2,1,2,3,4);;;;. The van der Waals surface area contributed by atoms with Gasteiger partial charge in [-0.05, 0) is 0 Å². The van der Waals surface area contributed by atoms with Crippen LogP contribution in [0.2, 0.25) is 0 Å². The molecule has 0 heterocycles. The summed E-state index contributed by atoms with van der Waals surface area (Å²) in [6.45, 7) is 0. The Balaban J connectivity index is -0.0000000267. The number of rotatable bonds is 0. The van der Waals surface area contributed by atoms with Gasteiger partial charge in [-0.3, -0.25) is 18.2 Å². The first-order valence-electron chi connectivity index (χ1n) is 1.40. The summed E-state index contributed by atoms with van der Waals surface area (Å²) in [4.78, 5) is 0. The molecule has 8 nitrogen and oxygen atoms in total. The second-order valence-corrected chi connectivity index (χ2v) is 2.69. The maximum Gasteiger partial charge on any atom is 0.316 e. The Bertz CT molecular complexity index is 219. The van der Waals surface area contributed by atoms with Crippen LogP contribution in [-0.4, -0.2) is 109 Å². The van der Waals surface area contributed by atoms with Crippen LogP contribution < -0.4 is 0 Å². The van der Waals surface area contributed by atoms with Crippen molar-refractivity contribution in [2.45, 2.75) is 0 Å². The van der Waals surface area contributed by atoms with E-state index < -0.39 is 20.8 Å². The van der Waals surface area contributed by atoms with E-state index in [1.807, 2.05) is 0 Å². The molecule has 0 fully saturated rings. The second kappa shape index (κ2) is 12.8. The molecule has 0 aliphatic carbocycles. The van der Waals surface area contributed by atoms with Gasteiger partial charge in [-0.2, -0.15) is 16.8 Å². The molecule has 13 heteroatoms. The summed E-state index contributed by atoms with van der Waals surface area (Å²) in [7, 11) is -9.33. The third kappa shape index (κ3) is 315. The number of hydrogen-bond acceptors (Lipinski definition) is 4. The summed E-state index contributed by atoms with van der Waals surface area (Å²) in [6.07, 6.45) is 0. The molecule has 72 valence electrons. The third-order valence-corrected chi connectivity index (χ3v) is 0. The van der Waals surface area contributed by atoms with Crippen molar-refractivity contribution >= 4 is 95.2 Å². The molecule has 0 aliphatic heterocycles. The van der Waals surface area contributed by atoms with Crippen molar-refractivity contribution in [3.05, 3.63) is 0 Å². The van der Waals surface area contributed by atoms with E-state index in [1.165, 1.54) is 0 Å². The summed E-state index contributed by atoms with van der Waals surface area (Å²) in [5.41, 5.74) is 0. The summed E-state index contributed by atoms with van der Waals surface area (Å²) in [5, 5.41) is 0. The van der Waals surface area contributed by atoms with E-state index in [0.29, 0.717) is 0 Å². The van der Waals surface area contributed by atoms with E-state index in [0.717, 1.165) is 0 Å². The minimum absolute atomic E-state index is 0. The van der Waals surface area contributed by atoms with Crippen molar-refractivity contribution in [1.82, 2.24) is 0 Å². The van der Waals surface area contributed by atoms with Gasteiger partial charge >= 0.3 is 95.2 Å². The van der Waals surface area contributed by atoms with Gasteiger partial charge in [0.2, 0.25) is 0 Å². The van der Waals surface area contributed by atoms with Gasteiger partial charge in [0, 0.05) is 19.5 Å². The van der Waals surface area contributed by atoms with Crippen LogP contribution in [0.15, 0.2) is 0 Å². The van der Waals surface area contributed by atoms with Gasteiger partial charge in [0.25, 0.3) is 0 Å². The van der Waals surface area contributed by atoms with Crippen molar-refractivity contribution in [2.24, 2.45) is 0 Å². The Morgan fingerprint density at radius 3 is 0.692 bits per heavy atom. The van der Waals surface area contributed by atoms with Crippen LogP contribution in [0.4, 0.5) is 0 Å². The molecule has 0 aliphatic rings. The zero-order valence-electron chi connectivity index (χ0n) is 4.95. The van der Waals surface area contributed by atoms with E-state index in [4.69, 9.17) is 35.0 Å². The van der Waals surface area contributed by atoms with Gasteiger partial charge in [-0.15, -0.1) is 0 Å². The smallest absolute Gasteiger partial charge is 0 e. The van der Waals surface area contributed by atoms with Crippen molar-refractivity contribution in [2.75, 3.05) is 0 Å². The molecule has 0 radical (unpaired) electrons. The molecule has 0 amide bonds. The van der Waals surface area contributed by atoms with Gasteiger partial charge in [0.1, 0.15) is 0 Å². The zero-order valence-corrected chi connectivity index (χ0v) is 9.55. The van der Waals surface area contributed by atoms with Gasteiger partial charge in [-0.1, -0.05) is 0 Å². The van der Waals surface area contributed by atoms with Crippen LogP contribution >= 0.6 is 0 Å². The van der Waals surface area contributed by atoms with E-state index in [9.17, 15) is 0 Å². The molecule has 0 aromatic heterocycles. The number of hydrogen-bond donors (Lipinski definition) is 4. The fraction of sp³-hybridized carbons (Fsp3) is 0. The first kappa shape index (κ1) is 29.7. The Morgan fingerprint density at radius 1 is 0.692 bits per heavy atom. The normalized spacial score (nSPS) is 8.92. The molecule has 0 atom stereocenters. The molecular formula is H7KMgO8S2Zn. The monoisotopic (exact) mass is 326 g/mol. The SMILES string of the molecule is O=S(=O)(O)O.O=S(=O)(O)O.[KH].[MgH2].[Zn]. The maximum atomic E-state index is 8.74. The Hall–Kier alpha value is 2.77. The maximum absolute atomic E-state index is 8.74. The van der Waals surface area contributed by atoms with Crippen molar-refractivity contribution in [3.63, 3.8) is 0 Å². The predicted octanol–water partition coefficient (Wildman–Crippen LogP) is -2.87. The third-order valence-electron chi connectivity index (χ3n) is 0. The van der Waals surface area contributed by atoms with Crippen molar-refractivity contribution in [1.29, 1.82) is 0 Å². The van der Waals surface area contributed by atoms with Crippen LogP contribution in [0.5, 0.6) is 0 Å². The van der Waals surface area contributed by atoms with Gasteiger partial charge in [0.15, 0.2) is 0 Å². The largest absolute Gasteiger partial charge is 0.316 e. The summed E-state index contributed by atoms with van der Waals surface area (Å²) in [5.74, 6) is 0. The fourth-order valence-electron chi connectivity index (χ4n) is 0. The molecule has 0 rings (SSSR count). The quantitative estimate of drug-likeness (QED) is 0.274. The average Bonchev–Trinajstić information content (AvgIpc) is 1.12. The minimum Gasteiger partial charge on any atom is 0 e. The molecule has 13 heavy (non-hydrogen) atoms. The van der Waals surface area contributed by atoms with Crippen LogP contribution in [-0.2, 0) is 40.3 Å². The molecule has 0 saturated carbocycles. The van der Waals surface area contributed by atoms with Gasteiger partial charge < -0.3 is 0 Å². The molecule has 0 spiro atoms. The van der Waals surface area contributed by atoms with E-state index in [2.05, 4.69) is 0 Å². The summed E-state index contributed by atoms with van der Waals surface area (Å²) < 4.78 is 63.2. The van der Waals surface area contributed by atoms with Crippen LogP contribution in [0.3, 0.4) is 0 Å². The van der Waals surface area contributed by atoms with E-state index >= 15 is 0 Å². The van der Waals surface area contributed by atoms with Crippen LogP contribution in [0.1, 0.15) is 0 Å². The fourth-order valence-corrected chi connectivity index (χ4v) is 0. The van der Waals surface area contributed by atoms with Gasteiger partial charge in [-0.25, -0.2) is 0 Å². The molecule has 4 N–H and O–H groups in total. The summed E-state index contributed by atoms with van der Waals surface area (Å²) in [6, 6.07) is 0. The van der Waals surface area contributed by atoms with Crippen molar-refractivity contribution < 1.29 is 54.5 Å². The topological polar surface area (TPSA) is 149 Å². The Morgan fingerprint density at radius 2 is 0.692 bits per heavy atom. The summed E-state index contributed by atoms with van der Waals surface area (Å²) >= 11 is 0. The van der Waals surface area contributed by atoms with Crippen LogP contribution in [0, 0.1) is 0 Å². The molecular weight excluding hydrogens is 321 g/mol. The molecule has 0 saturated heterocycles. The van der Waals surface area contributed by atoms with E-state index in [-0.39, 0.29) is 93.9 Å². The Kier molecular flexibility index (Phi) is 29.3. The van der Waals surface area contributed by atoms with Crippen molar-refractivity contribution in [3.8, 4) is 0 Å². The molecule has 0 aromatic carbocycles. The van der Waals surface area contributed by atoms with Gasteiger partial charge in [0.05, 0.1) is 0 Å². The molecule has 0 bridgehead atoms. The zero-order chi connectivity index (χ0) is 9.00.